The van der Waals surface area contributed by atoms with E-state index in [4.69, 9.17) is 4.74 Å². The first-order valence-corrected chi connectivity index (χ1v) is 15.0. The number of hydrogen-bond donors (Lipinski definition) is 1. The minimum Gasteiger partial charge on any atom is -0.387 e. The van der Waals surface area contributed by atoms with Crippen molar-refractivity contribution in [2.45, 2.75) is 124 Å². The largest absolute Gasteiger partial charge is 0.387 e. The number of carbonyl (C=O) groups excluding carboxylic acids is 2. The molecule has 0 bridgehead atoms. The summed E-state index contributed by atoms with van der Waals surface area (Å²) in [6.45, 7) is 13.8. The van der Waals surface area contributed by atoms with Gasteiger partial charge in [-0.2, -0.15) is 0 Å². The molecule has 0 radical (unpaired) electrons. The highest BCUT2D eigenvalue weighted by Crippen LogP contribution is 2.71. The second kappa shape index (κ2) is 8.01. The Bertz CT molecular complexity index is 996. The fraction of sp³-hybridized carbons (Fsp3) is 0.875. The van der Waals surface area contributed by atoms with Gasteiger partial charge in [0.05, 0.1) is 6.10 Å². The fourth-order valence-electron chi connectivity index (χ4n) is 11.3. The van der Waals surface area contributed by atoms with Gasteiger partial charge in [0.25, 0.3) is 0 Å². The lowest BCUT2D eigenvalue weighted by molar-refractivity contribution is -0.222. The molecule has 0 aromatic rings. The van der Waals surface area contributed by atoms with Crippen molar-refractivity contribution in [2.24, 2.45) is 51.2 Å². The van der Waals surface area contributed by atoms with Crippen molar-refractivity contribution in [1.29, 1.82) is 0 Å². The van der Waals surface area contributed by atoms with Gasteiger partial charge in [-0.3, -0.25) is 9.59 Å². The lowest BCUT2D eigenvalue weighted by Crippen LogP contribution is -2.64. The lowest BCUT2D eigenvalue weighted by Gasteiger charge is -2.67. The Morgan fingerprint density at radius 3 is 2.42 bits per heavy atom. The summed E-state index contributed by atoms with van der Waals surface area (Å²) in [5.74, 6) is 3.04. The summed E-state index contributed by atoms with van der Waals surface area (Å²) in [6, 6.07) is 0. The monoisotopic (exact) mass is 496 g/mol. The molecule has 1 aliphatic heterocycles. The maximum absolute atomic E-state index is 14.1. The first-order chi connectivity index (χ1) is 16.9. The molecule has 0 aromatic carbocycles. The number of aliphatic hydroxyl groups is 1. The average Bonchev–Trinajstić information content (AvgIpc) is 2.83. The van der Waals surface area contributed by atoms with Gasteiger partial charge in [-0.15, -0.1) is 0 Å². The van der Waals surface area contributed by atoms with E-state index >= 15 is 0 Å². The van der Waals surface area contributed by atoms with Crippen LogP contribution in [0, 0.1) is 51.2 Å². The highest BCUT2D eigenvalue weighted by atomic mass is 16.6. The van der Waals surface area contributed by atoms with Crippen LogP contribution < -0.4 is 0 Å². The summed E-state index contributed by atoms with van der Waals surface area (Å²) in [5.41, 5.74) is 1.44. The standard InChI is InChI=1S/C32H48O4/c1-18-8-7-14-32(28(35)27-26(34)19(2)36-27)17-11-21-20(25(18)32)9-10-23-30(21,5)15-12-22-29(3,4)24(33)13-16-31(22,23)6/h9,18-19,21-23,25-27,34H,7-8,10-17H2,1-6H3. The molecule has 1 saturated heterocycles. The predicted octanol–water partition coefficient (Wildman–Crippen LogP) is 6.29. The number of ketones is 2. The molecular weight excluding hydrogens is 448 g/mol. The van der Waals surface area contributed by atoms with E-state index in [9.17, 15) is 14.7 Å². The van der Waals surface area contributed by atoms with Crippen LogP contribution in [0.5, 0.6) is 0 Å². The molecule has 1 heterocycles. The van der Waals surface area contributed by atoms with Crippen LogP contribution >= 0.6 is 0 Å². The molecule has 1 N–H and O–H groups in total. The van der Waals surface area contributed by atoms with Crippen LogP contribution in [0.3, 0.4) is 0 Å². The normalized spacial score (nSPS) is 53.6. The summed E-state index contributed by atoms with van der Waals surface area (Å²) < 4.78 is 5.84. The number of fused-ring (bicyclic) bond motifs is 7. The number of ether oxygens (including phenoxy) is 1. The van der Waals surface area contributed by atoms with Crippen molar-refractivity contribution in [2.75, 3.05) is 0 Å². The van der Waals surface area contributed by atoms with Gasteiger partial charge in [0.15, 0.2) is 5.78 Å². The highest BCUT2D eigenvalue weighted by molar-refractivity contribution is 5.91. The Labute approximate surface area is 218 Å². The Hall–Kier alpha value is -1.00. The van der Waals surface area contributed by atoms with E-state index in [-0.39, 0.29) is 39.5 Å². The van der Waals surface area contributed by atoms with Gasteiger partial charge >= 0.3 is 0 Å². The van der Waals surface area contributed by atoms with Gasteiger partial charge in [-0.1, -0.05) is 59.1 Å². The van der Waals surface area contributed by atoms with Gasteiger partial charge < -0.3 is 9.84 Å². The zero-order valence-electron chi connectivity index (χ0n) is 23.4. The van der Waals surface area contributed by atoms with E-state index in [2.05, 4.69) is 40.7 Å². The third-order valence-electron chi connectivity index (χ3n) is 13.2. The van der Waals surface area contributed by atoms with Gasteiger partial charge in [0, 0.05) is 17.3 Å². The van der Waals surface area contributed by atoms with Crippen LogP contribution in [0.2, 0.25) is 0 Å². The van der Waals surface area contributed by atoms with Crippen LogP contribution in [0.15, 0.2) is 11.6 Å². The highest BCUT2D eigenvalue weighted by Gasteiger charge is 2.66. The maximum atomic E-state index is 14.1. The van der Waals surface area contributed by atoms with Gasteiger partial charge in [-0.05, 0) is 92.3 Å². The Morgan fingerprint density at radius 2 is 1.72 bits per heavy atom. The maximum Gasteiger partial charge on any atom is 0.171 e. The summed E-state index contributed by atoms with van der Waals surface area (Å²) in [6.07, 6.45) is 11.5. The molecule has 200 valence electrons. The number of Topliss-reactive ketones (excluding diaryl/α,β-unsaturated/α-hetero) is 2. The Balaban J connectivity index is 1.37. The zero-order chi connectivity index (χ0) is 25.8. The molecule has 4 saturated carbocycles. The van der Waals surface area contributed by atoms with E-state index in [0.29, 0.717) is 29.5 Å². The molecule has 0 spiro atoms. The zero-order valence-corrected chi connectivity index (χ0v) is 23.4. The summed E-state index contributed by atoms with van der Waals surface area (Å²) >= 11 is 0. The third-order valence-corrected chi connectivity index (χ3v) is 13.2. The molecule has 5 fully saturated rings. The molecule has 0 amide bonds. The van der Waals surface area contributed by atoms with E-state index in [1.807, 2.05) is 6.92 Å². The van der Waals surface area contributed by atoms with Crippen molar-refractivity contribution in [3.8, 4) is 0 Å². The SMILES string of the molecule is CC1CCCC2(C(=O)C3OC(C)C3O)CCC3C(=CCC4C3(C)CCC3C(C)(C)C(=O)CCC34C)C12. The molecule has 4 heteroatoms. The van der Waals surface area contributed by atoms with E-state index < -0.39 is 12.2 Å². The molecular formula is C32H48O4. The van der Waals surface area contributed by atoms with E-state index in [1.54, 1.807) is 5.57 Å². The van der Waals surface area contributed by atoms with Gasteiger partial charge in [0.1, 0.15) is 18.0 Å². The average molecular weight is 497 g/mol. The minimum atomic E-state index is -0.655. The minimum absolute atomic E-state index is 0.194. The van der Waals surface area contributed by atoms with Crippen LogP contribution in [0.1, 0.15) is 106 Å². The molecule has 6 aliphatic rings. The molecule has 36 heavy (non-hydrogen) atoms. The van der Waals surface area contributed by atoms with E-state index in [1.165, 1.54) is 12.8 Å². The summed E-state index contributed by atoms with van der Waals surface area (Å²) in [5, 5.41) is 10.6. The molecule has 5 aliphatic carbocycles. The molecule has 6 rings (SSSR count). The Morgan fingerprint density at radius 1 is 0.972 bits per heavy atom. The number of rotatable bonds is 2. The first kappa shape index (κ1) is 25.3. The number of carbonyl (C=O) groups is 2. The van der Waals surface area contributed by atoms with Gasteiger partial charge in [-0.25, -0.2) is 0 Å². The summed E-state index contributed by atoms with van der Waals surface area (Å²) in [4.78, 5) is 27.0. The smallest absolute Gasteiger partial charge is 0.171 e. The van der Waals surface area contributed by atoms with Gasteiger partial charge in [0.2, 0.25) is 0 Å². The fourth-order valence-corrected chi connectivity index (χ4v) is 11.3. The number of hydrogen-bond acceptors (Lipinski definition) is 4. The van der Waals surface area contributed by atoms with Crippen LogP contribution in [0.4, 0.5) is 0 Å². The van der Waals surface area contributed by atoms with Crippen molar-refractivity contribution in [1.82, 2.24) is 0 Å². The van der Waals surface area contributed by atoms with Crippen molar-refractivity contribution in [3.05, 3.63) is 11.6 Å². The topological polar surface area (TPSA) is 63.6 Å². The quantitative estimate of drug-likeness (QED) is 0.456. The van der Waals surface area contributed by atoms with Crippen molar-refractivity contribution in [3.63, 3.8) is 0 Å². The first-order valence-electron chi connectivity index (χ1n) is 15.0. The second-order valence-electron chi connectivity index (χ2n) is 15.0. The van der Waals surface area contributed by atoms with Crippen LogP contribution in [-0.2, 0) is 14.3 Å². The second-order valence-corrected chi connectivity index (χ2v) is 15.0. The number of aliphatic hydroxyl groups excluding tert-OH is 1. The molecule has 11 atom stereocenters. The number of allylic oxidation sites excluding steroid dienone is 2. The van der Waals surface area contributed by atoms with Crippen molar-refractivity contribution < 1.29 is 19.4 Å². The summed E-state index contributed by atoms with van der Waals surface area (Å²) in [7, 11) is 0. The Kier molecular flexibility index (Phi) is 5.62. The molecule has 0 aromatic heterocycles. The predicted molar refractivity (Wildman–Crippen MR) is 140 cm³/mol. The lowest BCUT2D eigenvalue weighted by atomic mass is 9.37. The third kappa shape index (κ3) is 3.07. The van der Waals surface area contributed by atoms with Crippen LogP contribution in [-0.4, -0.2) is 35.0 Å². The van der Waals surface area contributed by atoms with Crippen LogP contribution in [0.25, 0.3) is 0 Å². The molecule has 4 nitrogen and oxygen atoms in total. The molecule has 11 unspecified atom stereocenters. The van der Waals surface area contributed by atoms with E-state index in [0.717, 1.165) is 51.4 Å². The van der Waals surface area contributed by atoms with Crippen molar-refractivity contribution >= 4 is 11.6 Å².